The van der Waals surface area contributed by atoms with Crippen molar-refractivity contribution in [3.05, 3.63) is 59.7 Å². The Hall–Kier alpha value is -2.20. The van der Waals surface area contributed by atoms with Gasteiger partial charge in [0.05, 0.1) is 13.2 Å². The summed E-state index contributed by atoms with van der Waals surface area (Å²) in [6, 6.07) is 12.7. The summed E-state index contributed by atoms with van der Waals surface area (Å²) in [5, 5.41) is 39.6. The third kappa shape index (κ3) is 3.97. The van der Waals surface area contributed by atoms with Gasteiger partial charge < -0.3 is 39.4 Å². The zero-order chi connectivity index (χ0) is 19.7. The number of aliphatic hydroxyl groups is 2. The molecule has 0 saturated carbocycles. The van der Waals surface area contributed by atoms with Gasteiger partial charge in [-0.2, -0.15) is 0 Å². The molecule has 8 heteroatoms. The van der Waals surface area contributed by atoms with Crippen molar-refractivity contribution in [2.24, 2.45) is 0 Å². The highest BCUT2D eigenvalue weighted by atomic mass is 16.7. The lowest BCUT2D eigenvalue weighted by atomic mass is 10.0. The molecule has 0 spiro atoms. The van der Waals surface area contributed by atoms with Crippen LogP contribution in [-0.4, -0.2) is 58.1 Å². The summed E-state index contributed by atoms with van der Waals surface area (Å²) in [5.41, 5.74) is 1.35. The smallest absolute Gasteiger partial charge is 0.184 e. The Labute approximate surface area is 161 Å². The van der Waals surface area contributed by atoms with Crippen LogP contribution in [0.4, 0.5) is 0 Å². The van der Waals surface area contributed by atoms with E-state index in [1.165, 1.54) is 24.3 Å². The highest BCUT2D eigenvalue weighted by molar-refractivity contribution is 5.27. The molecule has 2 aliphatic rings. The van der Waals surface area contributed by atoms with Crippen molar-refractivity contribution in [3.8, 4) is 11.5 Å². The molecule has 4 rings (SSSR count). The molecule has 2 fully saturated rings. The van der Waals surface area contributed by atoms with E-state index in [0.717, 1.165) is 0 Å². The predicted octanol–water partition coefficient (Wildman–Crippen LogP) is 1.35. The summed E-state index contributed by atoms with van der Waals surface area (Å²) in [5.74, 6) is 0.243. The predicted molar refractivity (Wildman–Crippen MR) is 95.4 cm³/mol. The lowest BCUT2D eigenvalue weighted by Crippen LogP contribution is -2.55. The average molecular weight is 390 g/mol. The molecule has 4 N–H and O–H groups in total. The first-order chi connectivity index (χ1) is 13.5. The fraction of sp³-hybridized carbons (Fsp3) is 0.400. The topological polar surface area (TPSA) is 118 Å². The van der Waals surface area contributed by atoms with Gasteiger partial charge in [-0.15, -0.1) is 0 Å². The van der Waals surface area contributed by atoms with Crippen LogP contribution in [0.2, 0.25) is 0 Å². The molecule has 2 heterocycles. The van der Waals surface area contributed by atoms with Crippen molar-refractivity contribution in [1.29, 1.82) is 0 Å². The zero-order valence-electron chi connectivity index (χ0n) is 14.9. The Bertz CT molecular complexity index is 710. The minimum absolute atomic E-state index is 0.00746. The second-order valence-corrected chi connectivity index (χ2v) is 6.85. The molecular formula is C20H22O8. The molecule has 2 aliphatic heterocycles. The van der Waals surface area contributed by atoms with E-state index in [-0.39, 0.29) is 24.7 Å². The van der Waals surface area contributed by atoms with Crippen LogP contribution in [0.3, 0.4) is 0 Å². The van der Waals surface area contributed by atoms with Crippen molar-refractivity contribution in [2.75, 3.05) is 13.2 Å². The fourth-order valence-electron chi connectivity index (χ4n) is 3.31. The highest BCUT2D eigenvalue weighted by Crippen LogP contribution is 2.35. The minimum atomic E-state index is -0.994. The molecular weight excluding hydrogens is 368 g/mol. The Morgan fingerprint density at radius 3 is 1.32 bits per heavy atom. The third-order valence-electron chi connectivity index (χ3n) is 4.81. The molecule has 6 atom stereocenters. The van der Waals surface area contributed by atoms with Crippen LogP contribution in [0.15, 0.2) is 48.5 Å². The van der Waals surface area contributed by atoms with E-state index in [4.69, 9.17) is 18.9 Å². The molecule has 28 heavy (non-hydrogen) atoms. The minimum Gasteiger partial charge on any atom is -0.508 e. The molecule has 2 aromatic rings. The number of aliphatic hydroxyl groups excluding tert-OH is 2. The standard InChI is InChI=1S/C20H22O8/c21-13-5-1-11(2-6-13)19-25-9-15(23)17(27-19)18-16(24)10-26-20(28-18)12-3-7-14(22)8-4-12/h1-8,15-24H,9-10H2/t15-,16+,17-,18-,19?,20?/m0/s1. The van der Waals surface area contributed by atoms with Crippen LogP contribution in [0.25, 0.3) is 0 Å². The van der Waals surface area contributed by atoms with Gasteiger partial charge in [0.1, 0.15) is 35.9 Å². The molecule has 2 unspecified atom stereocenters. The summed E-state index contributed by atoms with van der Waals surface area (Å²) in [6.07, 6.45) is -5.20. The van der Waals surface area contributed by atoms with Crippen LogP contribution in [-0.2, 0) is 18.9 Å². The number of phenolic OH excluding ortho intramolecular Hbond substituents is 2. The summed E-state index contributed by atoms with van der Waals surface area (Å²) >= 11 is 0. The number of benzene rings is 2. The van der Waals surface area contributed by atoms with E-state index in [1.807, 2.05) is 0 Å². The van der Waals surface area contributed by atoms with E-state index in [0.29, 0.717) is 11.1 Å². The van der Waals surface area contributed by atoms with E-state index in [2.05, 4.69) is 0 Å². The van der Waals surface area contributed by atoms with Gasteiger partial charge in [-0.1, -0.05) is 24.3 Å². The van der Waals surface area contributed by atoms with Gasteiger partial charge in [-0.25, -0.2) is 0 Å². The van der Waals surface area contributed by atoms with Crippen molar-refractivity contribution >= 4 is 0 Å². The van der Waals surface area contributed by atoms with Gasteiger partial charge in [0.15, 0.2) is 12.6 Å². The van der Waals surface area contributed by atoms with E-state index in [9.17, 15) is 20.4 Å². The fourth-order valence-corrected chi connectivity index (χ4v) is 3.31. The van der Waals surface area contributed by atoms with Crippen LogP contribution >= 0.6 is 0 Å². The van der Waals surface area contributed by atoms with Crippen LogP contribution in [0.1, 0.15) is 23.7 Å². The number of hydrogen-bond acceptors (Lipinski definition) is 8. The molecule has 0 aromatic heterocycles. The number of phenols is 2. The monoisotopic (exact) mass is 390 g/mol. The normalized spacial score (nSPS) is 33.5. The van der Waals surface area contributed by atoms with Gasteiger partial charge in [-0.3, -0.25) is 0 Å². The van der Waals surface area contributed by atoms with Crippen LogP contribution < -0.4 is 0 Å². The Balaban J connectivity index is 1.51. The molecule has 2 saturated heterocycles. The average Bonchev–Trinajstić information content (AvgIpc) is 2.70. The second kappa shape index (κ2) is 8.04. The van der Waals surface area contributed by atoms with Crippen molar-refractivity contribution < 1.29 is 39.4 Å². The number of aromatic hydroxyl groups is 2. The first-order valence-electron chi connectivity index (χ1n) is 8.99. The lowest BCUT2D eigenvalue weighted by molar-refractivity contribution is -0.331. The van der Waals surface area contributed by atoms with Gasteiger partial charge in [0, 0.05) is 11.1 Å². The zero-order valence-corrected chi connectivity index (χ0v) is 14.9. The Morgan fingerprint density at radius 2 is 0.964 bits per heavy atom. The number of rotatable bonds is 3. The largest absolute Gasteiger partial charge is 0.508 e. The van der Waals surface area contributed by atoms with E-state index in [1.54, 1.807) is 24.3 Å². The maximum atomic E-state index is 10.4. The molecule has 0 amide bonds. The SMILES string of the molecule is Oc1ccc(C2OC[C@@H](O)[C@@H]([C@H]3OC(c4ccc(O)cc4)OC[C@@H]3O)O2)cc1. The molecule has 2 aromatic carbocycles. The van der Waals surface area contributed by atoms with Gasteiger partial charge in [0.25, 0.3) is 0 Å². The van der Waals surface area contributed by atoms with Gasteiger partial charge >= 0.3 is 0 Å². The van der Waals surface area contributed by atoms with E-state index < -0.39 is 37.0 Å². The number of hydrogen-bond donors (Lipinski definition) is 4. The maximum Gasteiger partial charge on any atom is 0.184 e. The van der Waals surface area contributed by atoms with E-state index >= 15 is 0 Å². The summed E-state index contributed by atoms with van der Waals surface area (Å²) in [7, 11) is 0. The Kier molecular flexibility index (Phi) is 5.49. The lowest BCUT2D eigenvalue weighted by Gasteiger charge is -2.43. The van der Waals surface area contributed by atoms with Crippen LogP contribution in [0, 0.1) is 0 Å². The summed E-state index contributed by atoms with van der Waals surface area (Å²) in [6.45, 7) is 0.0149. The molecule has 0 bridgehead atoms. The van der Waals surface area contributed by atoms with Crippen LogP contribution in [0.5, 0.6) is 11.5 Å². The van der Waals surface area contributed by atoms with Gasteiger partial charge in [-0.05, 0) is 24.3 Å². The summed E-state index contributed by atoms with van der Waals surface area (Å²) < 4.78 is 22.9. The first-order valence-corrected chi connectivity index (χ1v) is 8.99. The molecule has 0 radical (unpaired) electrons. The highest BCUT2D eigenvalue weighted by Gasteiger charge is 2.44. The van der Waals surface area contributed by atoms with Gasteiger partial charge in [0.2, 0.25) is 0 Å². The third-order valence-corrected chi connectivity index (χ3v) is 4.81. The second-order valence-electron chi connectivity index (χ2n) is 6.85. The van der Waals surface area contributed by atoms with Crippen molar-refractivity contribution in [2.45, 2.75) is 37.0 Å². The molecule has 150 valence electrons. The molecule has 0 aliphatic carbocycles. The van der Waals surface area contributed by atoms with Crippen molar-refractivity contribution in [1.82, 2.24) is 0 Å². The maximum absolute atomic E-state index is 10.4. The molecule has 8 nitrogen and oxygen atoms in total. The quantitative estimate of drug-likeness (QED) is 0.620. The number of ether oxygens (including phenoxy) is 4. The summed E-state index contributed by atoms with van der Waals surface area (Å²) in [4.78, 5) is 0. The Morgan fingerprint density at radius 1 is 0.607 bits per heavy atom. The van der Waals surface area contributed by atoms with Crippen molar-refractivity contribution in [3.63, 3.8) is 0 Å². The first kappa shape index (κ1) is 19.1.